The summed E-state index contributed by atoms with van der Waals surface area (Å²) in [6.45, 7) is 6.00. The maximum atomic E-state index is 13.0. The molecule has 0 bridgehead atoms. The van der Waals surface area contributed by atoms with E-state index >= 15 is 0 Å². The van der Waals surface area contributed by atoms with E-state index < -0.39 is 11.6 Å². The van der Waals surface area contributed by atoms with Gasteiger partial charge in [0.05, 0.1) is 0 Å². The van der Waals surface area contributed by atoms with Gasteiger partial charge >= 0.3 is 0 Å². The van der Waals surface area contributed by atoms with Gasteiger partial charge in [-0.15, -0.1) is 13.2 Å². The van der Waals surface area contributed by atoms with Crippen LogP contribution in [0.1, 0.15) is 37.2 Å². The minimum absolute atomic E-state index is 0.132. The second kappa shape index (κ2) is 6.28. The molecule has 0 N–H and O–H groups in total. The molecule has 3 heteroatoms. The van der Waals surface area contributed by atoms with E-state index in [1.807, 2.05) is 0 Å². The van der Waals surface area contributed by atoms with Crippen LogP contribution in [0.5, 0.6) is 0 Å². The number of hydrogen-bond acceptors (Lipinski definition) is 1. The third-order valence-electron chi connectivity index (χ3n) is 2.90. The molecule has 1 fully saturated rings. The van der Waals surface area contributed by atoms with Gasteiger partial charge < -0.3 is 0 Å². The Labute approximate surface area is 100 Å². The molecule has 0 unspecified atom stereocenters. The fourth-order valence-corrected chi connectivity index (χ4v) is 2.08. The highest BCUT2D eigenvalue weighted by Gasteiger charge is 2.20. The second-order valence-electron chi connectivity index (χ2n) is 4.02. The summed E-state index contributed by atoms with van der Waals surface area (Å²) >= 11 is 0. The molecule has 1 aliphatic rings. The first-order valence-corrected chi connectivity index (χ1v) is 5.63. The molecule has 0 spiro atoms. The number of carbonyl (C=O) groups is 1. The molecular formula is C14H16F2O. The van der Waals surface area contributed by atoms with E-state index in [0.29, 0.717) is 31.2 Å². The van der Waals surface area contributed by atoms with Crippen LogP contribution in [0.15, 0.2) is 31.4 Å². The Morgan fingerprint density at radius 3 is 1.94 bits per heavy atom. The number of ketones is 1. The Morgan fingerprint density at radius 1 is 1.00 bits per heavy atom. The number of rotatable bonds is 1. The standard InChI is InChI=1S/C12H12F2O.C2H4/c13-10-5-9(6-11(14)7-10)8-1-3-12(15)4-2-8;1-2/h5-8H,1-4H2;1-2H2. The zero-order valence-corrected chi connectivity index (χ0v) is 9.72. The molecule has 1 aromatic rings. The Balaban J connectivity index is 0.000000686. The average Bonchev–Trinajstić information content (AvgIpc) is 2.31. The summed E-state index contributed by atoms with van der Waals surface area (Å²) in [5.41, 5.74) is 0.681. The van der Waals surface area contributed by atoms with Gasteiger partial charge in [-0.2, -0.15) is 0 Å². The predicted molar refractivity (Wildman–Crippen MR) is 63.8 cm³/mol. The van der Waals surface area contributed by atoms with Crippen LogP contribution in [0.3, 0.4) is 0 Å². The number of halogens is 2. The van der Waals surface area contributed by atoms with E-state index in [1.54, 1.807) is 0 Å². The first-order valence-electron chi connectivity index (χ1n) is 5.63. The Kier molecular flexibility index (Phi) is 5.01. The SMILES string of the molecule is C=C.O=C1CCC(c2cc(F)cc(F)c2)CC1. The summed E-state index contributed by atoms with van der Waals surface area (Å²) in [5, 5.41) is 0. The monoisotopic (exact) mass is 238 g/mol. The number of benzene rings is 1. The molecular weight excluding hydrogens is 222 g/mol. The van der Waals surface area contributed by atoms with Crippen LogP contribution in [0.2, 0.25) is 0 Å². The molecule has 0 radical (unpaired) electrons. The van der Waals surface area contributed by atoms with Crippen LogP contribution in [-0.4, -0.2) is 5.78 Å². The van der Waals surface area contributed by atoms with Gasteiger partial charge in [0.1, 0.15) is 17.4 Å². The van der Waals surface area contributed by atoms with Crippen LogP contribution in [-0.2, 0) is 4.79 Å². The molecule has 0 aromatic heterocycles. The lowest BCUT2D eigenvalue weighted by Crippen LogP contribution is -2.12. The van der Waals surface area contributed by atoms with E-state index in [0.717, 1.165) is 6.07 Å². The summed E-state index contributed by atoms with van der Waals surface area (Å²) in [6, 6.07) is 3.60. The summed E-state index contributed by atoms with van der Waals surface area (Å²) in [5.74, 6) is -0.695. The predicted octanol–water partition coefficient (Wildman–Crippen LogP) is 3.99. The van der Waals surface area contributed by atoms with Crippen LogP contribution in [0.4, 0.5) is 8.78 Å². The quantitative estimate of drug-likeness (QED) is 0.676. The molecule has 0 heterocycles. The third-order valence-corrected chi connectivity index (χ3v) is 2.90. The maximum Gasteiger partial charge on any atom is 0.132 e. The van der Waals surface area contributed by atoms with Crippen molar-refractivity contribution in [3.8, 4) is 0 Å². The normalized spacial score (nSPS) is 16.2. The second-order valence-corrected chi connectivity index (χ2v) is 4.02. The molecule has 0 atom stereocenters. The summed E-state index contributed by atoms with van der Waals surface area (Å²) in [7, 11) is 0. The lowest BCUT2D eigenvalue weighted by Gasteiger charge is -2.21. The maximum absolute atomic E-state index is 13.0. The number of hydrogen-bond donors (Lipinski definition) is 0. The van der Waals surface area contributed by atoms with Crippen molar-refractivity contribution in [3.05, 3.63) is 48.6 Å². The molecule has 0 saturated heterocycles. The van der Waals surface area contributed by atoms with Gasteiger partial charge in [0.2, 0.25) is 0 Å². The number of carbonyl (C=O) groups excluding carboxylic acids is 1. The van der Waals surface area contributed by atoms with Crippen molar-refractivity contribution in [2.75, 3.05) is 0 Å². The lowest BCUT2D eigenvalue weighted by molar-refractivity contribution is -0.120. The van der Waals surface area contributed by atoms with E-state index in [9.17, 15) is 13.6 Å². The van der Waals surface area contributed by atoms with Gasteiger partial charge in [-0.25, -0.2) is 8.78 Å². The highest BCUT2D eigenvalue weighted by Crippen LogP contribution is 2.31. The van der Waals surface area contributed by atoms with Crippen molar-refractivity contribution in [3.63, 3.8) is 0 Å². The Bertz CT molecular complexity index is 371. The van der Waals surface area contributed by atoms with Crippen molar-refractivity contribution < 1.29 is 13.6 Å². The molecule has 92 valence electrons. The van der Waals surface area contributed by atoms with Gasteiger partial charge in [-0.3, -0.25) is 4.79 Å². The highest BCUT2D eigenvalue weighted by molar-refractivity contribution is 5.79. The third kappa shape index (κ3) is 3.77. The van der Waals surface area contributed by atoms with Crippen molar-refractivity contribution in [1.82, 2.24) is 0 Å². The average molecular weight is 238 g/mol. The van der Waals surface area contributed by atoms with Gasteiger partial charge in [0.15, 0.2) is 0 Å². The fraction of sp³-hybridized carbons (Fsp3) is 0.357. The minimum Gasteiger partial charge on any atom is -0.300 e. The van der Waals surface area contributed by atoms with E-state index in [1.165, 1.54) is 12.1 Å². The molecule has 0 aliphatic heterocycles. The fourth-order valence-electron chi connectivity index (χ4n) is 2.08. The van der Waals surface area contributed by atoms with Crippen LogP contribution < -0.4 is 0 Å². The molecule has 1 nitrogen and oxygen atoms in total. The summed E-state index contributed by atoms with van der Waals surface area (Å²) in [4.78, 5) is 11.0. The van der Waals surface area contributed by atoms with Gasteiger partial charge in [-0.1, -0.05) is 0 Å². The van der Waals surface area contributed by atoms with E-state index in [-0.39, 0.29) is 11.7 Å². The van der Waals surface area contributed by atoms with Crippen molar-refractivity contribution in [2.45, 2.75) is 31.6 Å². The zero-order valence-electron chi connectivity index (χ0n) is 9.72. The Hall–Kier alpha value is -1.51. The first-order chi connectivity index (χ1) is 8.15. The van der Waals surface area contributed by atoms with E-state index in [4.69, 9.17) is 0 Å². The van der Waals surface area contributed by atoms with Gasteiger partial charge in [-0.05, 0) is 36.5 Å². The largest absolute Gasteiger partial charge is 0.300 e. The smallest absolute Gasteiger partial charge is 0.132 e. The van der Waals surface area contributed by atoms with Gasteiger partial charge in [0.25, 0.3) is 0 Å². The molecule has 1 aromatic carbocycles. The van der Waals surface area contributed by atoms with Crippen molar-refractivity contribution in [1.29, 1.82) is 0 Å². The van der Waals surface area contributed by atoms with Gasteiger partial charge in [0, 0.05) is 18.9 Å². The topological polar surface area (TPSA) is 17.1 Å². The van der Waals surface area contributed by atoms with Crippen molar-refractivity contribution >= 4 is 5.78 Å². The lowest BCUT2D eigenvalue weighted by atomic mass is 9.83. The first kappa shape index (κ1) is 13.6. The minimum atomic E-state index is -0.540. The molecule has 2 rings (SSSR count). The highest BCUT2D eigenvalue weighted by atomic mass is 19.1. The molecule has 1 aliphatic carbocycles. The molecule has 1 saturated carbocycles. The zero-order chi connectivity index (χ0) is 12.8. The summed E-state index contributed by atoms with van der Waals surface area (Å²) < 4.78 is 25.9. The summed E-state index contributed by atoms with van der Waals surface area (Å²) in [6.07, 6.45) is 2.48. The molecule has 17 heavy (non-hydrogen) atoms. The number of Topliss-reactive ketones (excluding diaryl/α,β-unsaturated/α-hetero) is 1. The molecule has 0 amide bonds. The van der Waals surface area contributed by atoms with Crippen molar-refractivity contribution in [2.24, 2.45) is 0 Å². The van der Waals surface area contributed by atoms with Crippen LogP contribution in [0, 0.1) is 11.6 Å². The van der Waals surface area contributed by atoms with Crippen LogP contribution in [0.25, 0.3) is 0 Å². The Morgan fingerprint density at radius 2 is 1.47 bits per heavy atom. The van der Waals surface area contributed by atoms with Crippen LogP contribution >= 0.6 is 0 Å². The van der Waals surface area contributed by atoms with E-state index in [2.05, 4.69) is 13.2 Å².